The van der Waals surface area contributed by atoms with E-state index in [1.165, 1.54) is 11.1 Å². The van der Waals surface area contributed by atoms with E-state index >= 15 is 0 Å². The Balaban J connectivity index is 1.73. The first-order valence-corrected chi connectivity index (χ1v) is 9.73. The van der Waals surface area contributed by atoms with Gasteiger partial charge in [0, 0.05) is 28.9 Å². The summed E-state index contributed by atoms with van der Waals surface area (Å²) >= 11 is 0. The van der Waals surface area contributed by atoms with Gasteiger partial charge in [0.1, 0.15) is 5.82 Å². The Morgan fingerprint density at radius 3 is 2.66 bits per heavy atom. The minimum Gasteiger partial charge on any atom is -0.399 e. The number of nitrogens with two attached hydrogens (primary N) is 2. The predicted octanol–water partition coefficient (Wildman–Crippen LogP) is 4.20. The highest BCUT2D eigenvalue weighted by atomic mass is 15.2. The van der Waals surface area contributed by atoms with Gasteiger partial charge in [0.15, 0.2) is 0 Å². The first kappa shape index (κ1) is 20.4. The molecule has 0 saturated carbocycles. The highest BCUT2D eigenvalue weighted by Gasteiger charge is 2.20. The quantitative estimate of drug-likeness (QED) is 0.691. The van der Waals surface area contributed by atoms with Crippen LogP contribution < -0.4 is 16.8 Å². The molecule has 5 heteroatoms. The Morgan fingerprint density at radius 2 is 2.00 bits per heavy atom. The second-order valence-electron chi connectivity index (χ2n) is 8.08. The van der Waals surface area contributed by atoms with Crippen LogP contribution >= 0.6 is 0 Å². The fraction of sp³-hybridized carbons (Fsp3) is 0.250. The molecule has 0 atom stereocenters. The van der Waals surface area contributed by atoms with Crippen molar-refractivity contribution < 1.29 is 0 Å². The van der Waals surface area contributed by atoms with Gasteiger partial charge in [-0.25, -0.2) is 0 Å². The van der Waals surface area contributed by atoms with Crippen molar-refractivity contribution in [1.82, 2.24) is 10.2 Å². The van der Waals surface area contributed by atoms with Crippen molar-refractivity contribution in [3.63, 3.8) is 0 Å². The van der Waals surface area contributed by atoms with Crippen LogP contribution in [0.3, 0.4) is 0 Å². The van der Waals surface area contributed by atoms with Gasteiger partial charge in [-0.05, 0) is 48.8 Å². The summed E-state index contributed by atoms with van der Waals surface area (Å²) in [5.74, 6) is 0.748. The predicted molar refractivity (Wildman–Crippen MR) is 121 cm³/mol. The number of anilines is 1. The maximum absolute atomic E-state index is 6.04. The molecule has 1 aliphatic rings. The van der Waals surface area contributed by atoms with Gasteiger partial charge in [0.25, 0.3) is 0 Å². The van der Waals surface area contributed by atoms with Crippen molar-refractivity contribution in [1.29, 1.82) is 0 Å². The first-order chi connectivity index (χ1) is 13.8. The Kier molecular flexibility index (Phi) is 5.87. The summed E-state index contributed by atoms with van der Waals surface area (Å²) in [4.78, 5) is 0. The highest BCUT2D eigenvalue weighted by molar-refractivity contribution is 5.70. The van der Waals surface area contributed by atoms with Crippen molar-refractivity contribution in [3.8, 4) is 0 Å². The zero-order valence-corrected chi connectivity index (χ0v) is 17.4. The molecule has 1 aliphatic carbocycles. The fourth-order valence-corrected chi connectivity index (χ4v) is 3.25. The number of nitrogens with zero attached hydrogens (tertiary/aromatic N) is 2. The van der Waals surface area contributed by atoms with Crippen LogP contribution in [0.15, 0.2) is 78.2 Å². The van der Waals surface area contributed by atoms with Crippen molar-refractivity contribution in [2.24, 2.45) is 11.5 Å². The molecule has 0 spiro atoms. The lowest BCUT2D eigenvalue weighted by molar-refractivity contribution is 0.555. The van der Waals surface area contributed by atoms with Crippen LogP contribution in [-0.2, 0) is 5.41 Å². The van der Waals surface area contributed by atoms with Crippen molar-refractivity contribution >= 4 is 11.4 Å². The summed E-state index contributed by atoms with van der Waals surface area (Å²) in [6.07, 6.45) is 6.50. The van der Waals surface area contributed by atoms with Crippen molar-refractivity contribution in [2.45, 2.75) is 32.6 Å². The number of hydrogen-bond donors (Lipinski definition) is 3. The van der Waals surface area contributed by atoms with Gasteiger partial charge >= 0.3 is 0 Å². The molecule has 2 aromatic rings. The smallest absolute Gasteiger partial charge is 0.148 e. The van der Waals surface area contributed by atoms with E-state index in [0.717, 1.165) is 29.2 Å². The summed E-state index contributed by atoms with van der Waals surface area (Å²) < 4.78 is 0. The van der Waals surface area contributed by atoms with E-state index in [1.54, 1.807) is 0 Å². The molecule has 150 valence electrons. The van der Waals surface area contributed by atoms with Gasteiger partial charge in [0.05, 0.1) is 5.69 Å². The van der Waals surface area contributed by atoms with Gasteiger partial charge in [-0.2, -0.15) is 0 Å². The van der Waals surface area contributed by atoms with E-state index in [9.17, 15) is 0 Å². The van der Waals surface area contributed by atoms with Crippen LogP contribution in [0, 0.1) is 6.92 Å². The van der Waals surface area contributed by atoms with E-state index in [0.29, 0.717) is 17.8 Å². The average molecular weight is 388 g/mol. The summed E-state index contributed by atoms with van der Waals surface area (Å²) in [7, 11) is 0. The van der Waals surface area contributed by atoms with Crippen LogP contribution in [0.2, 0.25) is 0 Å². The van der Waals surface area contributed by atoms with Crippen molar-refractivity contribution in [2.75, 3.05) is 11.9 Å². The Morgan fingerprint density at radius 1 is 1.21 bits per heavy atom. The zero-order chi connectivity index (χ0) is 21.0. The molecule has 1 aromatic carbocycles. The Labute approximate surface area is 172 Å². The van der Waals surface area contributed by atoms with Gasteiger partial charge < -0.3 is 16.8 Å². The fourth-order valence-electron chi connectivity index (χ4n) is 3.25. The van der Waals surface area contributed by atoms with Crippen LogP contribution in [0.1, 0.15) is 37.1 Å². The van der Waals surface area contributed by atoms with E-state index in [1.807, 2.05) is 30.4 Å². The summed E-state index contributed by atoms with van der Waals surface area (Å²) in [5, 5.41) is 12.2. The monoisotopic (exact) mass is 387 g/mol. The first-order valence-electron chi connectivity index (χ1n) is 9.73. The molecule has 5 nitrogen and oxygen atoms in total. The van der Waals surface area contributed by atoms with Crippen LogP contribution in [0.25, 0.3) is 5.57 Å². The number of aromatic nitrogens is 2. The molecule has 0 fully saturated rings. The molecule has 0 amide bonds. The maximum atomic E-state index is 6.04. The van der Waals surface area contributed by atoms with Gasteiger partial charge in [-0.3, -0.25) is 0 Å². The van der Waals surface area contributed by atoms with Gasteiger partial charge in [-0.1, -0.05) is 56.3 Å². The molecule has 0 unspecified atom stereocenters. The number of nitrogens with one attached hydrogen (secondary N) is 1. The lowest BCUT2D eigenvalue weighted by atomic mass is 9.84. The highest BCUT2D eigenvalue weighted by Crippen LogP contribution is 2.26. The number of hydrogen-bond acceptors (Lipinski definition) is 5. The Hall–Kier alpha value is -3.34. The van der Waals surface area contributed by atoms with E-state index in [4.69, 9.17) is 11.5 Å². The van der Waals surface area contributed by atoms with E-state index in [2.05, 4.69) is 67.1 Å². The summed E-state index contributed by atoms with van der Waals surface area (Å²) in [5.41, 5.74) is 18.0. The van der Waals surface area contributed by atoms with Gasteiger partial charge in [-0.15, -0.1) is 10.2 Å². The standard InChI is InChI=1S/C24H29N5/c1-16-7-5-9-19(13-16)24(3,4)15-27-23-12-11-22(28-29-23)18-8-6-10-21(26)20(14-18)17(2)25/h5-7,9-14H,2,8,15,25-26H2,1,3-4H3,(H,27,29). The van der Waals surface area contributed by atoms with Crippen LogP contribution in [0.4, 0.5) is 5.82 Å². The molecule has 1 heterocycles. The minimum atomic E-state index is -0.0281. The second-order valence-corrected chi connectivity index (χ2v) is 8.08. The molecule has 0 radical (unpaired) electrons. The molecular formula is C24H29N5. The second kappa shape index (κ2) is 8.35. The number of allylic oxidation sites excluding steroid dienone is 4. The summed E-state index contributed by atoms with van der Waals surface area (Å²) in [6, 6.07) is 12.5. The molecule has 0 bridgehead atoms. The molecule has 29 heavy (non-hydrogen) atoms. The molecule has 5 N–H and O–H groups in total. The van der Waals surface area contributed by atoms with E-state index in [-0.39, 0.29) is 5.41 Å². The normalized spacial score (nSPS) is 14.4. The SMILES string of the molecule is C=C(N)C1=C(N)C=CCC(c2ccc(NCC(C)(C)c3cccc(C)c3)nn2)=C1. The molecular weight excluding hydrogens is 358 g/mol. The minimum absolute atomic E-state index is 0.0281. The molecule has 1 aromatic heterocycles. The largest absolute Gasteiger partial charge is 0.399 e. The summed E-state index contributed by atoms with van der Waals surface area (Å²) in [6.45, 7) is 11.1. The van der Waals surface area contributed by atoms with Crippen molar-refractivity contribution in [3.05, 3.63) is 95.0 Å². The molecule has 3 rings (SSSR count). The third-order valence-corrected chi connectivity index (χ3v) is 5.12. The van der Waals surface area contributed by atoms with Crippen LogP contribution in [-0.4, -0.2) is 16.7 Å². The average Bonchev–Trinajstić information content (AvgIpc) is 2.89. The number of aryl methyl sites for hydroxylation is 1. The third-order valence-electron chi connectivity index (χ3n) is 5.12. The number of rotatable bonds is 6. The molecule has 0 aliphatic heterocycles. The van der Waals surface area contributed by atoms with E-state index < -0.39 is 0 Å². The topological polar surface area (TPSA) is 89.8 Å². The number of benzene rings is 1. The maximum Gasteiger partial charge on any atom is 0.148 e. The Bertz CT molecular complexity index is 994. The lowest BCUT2D eigenvalue weighted by Gasteiger charge is -2.26. The van der Waals surface area contributed by atoms with Crippen LogP contribution in [0.5, 0.6) is 0 Å². The zero-order valence-electron chi connectivity index (χ0n) is 17.4. The lowest BCUT2D eigenvalue weighted by Crippen LogP contribution is -2.28. The molecule has 0 saturated heterocycles. The van der Waals surface area contributed by atoms with Gasteiger partial charge in [0.2, 0.25) is 0 Å². The third kappa shape index (κ3) is 4.93.